The van der Waals surface area contributed by atoms with Gasteiger partial charge in [-0.1, -0.05) is 60.3 Å². The summed E-state index contributed by atoms with van der Waals surface area (Å²) in [4.78, 5) is 0. The highest BCUT2D eigenvalue weighted by Gasteiger charge is 2.61. The highest BCUT2D eigenvalue weighted by molar-refractivity contribution is 5.11. The zero-order chi connectivity index (χ0) is 20.1. The van der Waals surface area contributed by atoms with E-state index in [0.29, 0.717) is 16.9 Å². The van der Waals surface area contributed by atoms with Crippen molar-refractivity contribution in [2.75, 3.05) is 0 Å². The van der Waals surface area contributed by atoms with Gasteiger partial charge in [-0.2, -0.15) is 0 Å². The predicted octanol–water partition coefficient (Wildman–Crippen LogP) is 7.44. The average molecular weight is 388 g/mol. The normalized spacial score (nSPS) is 49.4. The van der Waals surface area contributed by atoms with Gasteiger partial charge >= 0.3 is 0 Å². The van der Waals surface area contributed by atoms with Crippen molar-refractivity contribution in [3.63, 3.8) is 0 Å². The molecular formula is C27H49N. The van der Waals surface area contributed by atoms with Gasteiger partial charge in [-0.15, -0.1) is 0 Å². The first-order valence-electron chi connectivity index (χ1n) is 13.0. The molecule has 0 aromatic rings. The van der Waals surface area contributed by atoms with Crippen LogP contribution in [0.1, 0.15) is 112 Å². The third-order valence-corrected chi connectivity index (χ3v) is 11.0. The smallest absolute Gasteiger partial charge is 0.00983 e. The number of hydrogen-bond donors (Lipinski definition) is 1. The minimum atomic E-state index is 0.448. The van der Waals surface area contributed by atoms with Gasteiger partial charge in [0, 0.05) is 6.04 Å². The molecule has 1 heteroatoms. The van der Waals surface area contributed by atoms with Gasteiger partial charge in [-0.05, 0) is 104 Å². The fourth-order valence-electron chi connectivity index (χ4n) is 9.42. The standard InChI is InChI=1S/C27H49N/c1-18(2)8-6-9-19(3)22-14-15-23-21-13-12-20-10-7-11-25(28)27(20,5)24(21)16-17-26(22,23)4/h18-25H,6-17,28H2,1-5H3/t19-,20-,21+,22-,23+,24+,25?,26-,27+/m1/s1. The summed E-state index contributed by atoms with van der Waals surface area (Å²) in [5, 5.41) is 0. The monoisotopic (exact) mass is 387 g/mol. The van der Waals surface area contributed by atoms with E-state index in [4.69, 9.17) is 5.73 Å². The van der Waals surface area contributed by atoms with Gasteiger partial charge in [0.15, 0.2) is 0 Å². The van der Waals surface area contributed by atoms with Crippen LogP contribution in [0, 0.1) is 52.3 Å². The Balaban J connectivity index is 1.49. The second-order valence-electron chi connectivity index (χ2n) is 12.6. The van der Waals surface area contributed by atoms with Crippen LogP contribution in [0.15, 0.2) is 0 Å². The summed E-state index contributed by atoms with van der Waals surface area (Å²) < 4.78 is 0. The van der Waals surface area contributed by atoms with Crippen molar-refractivity contribution in [3.8, 4) is 0 Å². The van der Waals surface area contributed by atoms with E-state index in [1.165, 1.54) is 77.0 Å². The van der Waals surface area contributed by atoms with E-state index in [1.807, 2.05) is 0 Å². The lowest BCUT2D eigenvalue weighted by molar-refractivity contribution is -0.122. The summed E-state index contributed by atoms with van der Waals surface area (Å²) in [5.41, 5.74) is 7.93. The van der Waals surface area contributed by atoms with Crippen molar-refractivity contribution in [1.29, 1.82) is 0 Å². The number of hydrogen-bond acceptors (Lipinski definition) is 1. The first-order chi connectivity index (χ1) is 13.3. The van der Waals surface area contributed by atoms with Crippen LogP contribution in [-0.4, -0.2) is 6.04 Å². The van der Waals surface area contributed by atoms with Crippen molar-refractivity contribution in [1.82, 2.24) is 0 Å². The van der Waals surface area contributed by atoms with E-state index in [-0.39, 0.29) is 0 Å². The molecule has 4 aliphatic rings. The summed E-state index contributed by atoms with van der Waals surface area (Å²) in [7, 11) is 0. The Morgan fingerprint density at radius 1 is 0.857 bits per heavy atom. The van der Waals surface area contributed by atoms with Crippen LogP contribution in [0.4, 0.5) is 0 Å². The predicted molar refractivity (Wildman–Crippen MR) is 121 cm³/mol. The SMILES string of the molecule is CC(C)CCC[C@@H](C)[C@H]1CC[C@H]2[C@@H]3CC[C@H]4CCCC(N)[C@]4(C)[C@H]3CC[C@]12C. The Kier molecular flexibility index (Phi) is 5.98. The minimum absolute atomic E-state index is 0.448. The molecule has 1 nitrogen and oxygen atoms in total. The third-order valence-electron chi connectivity index (χ3n) is 11.0. The molecule has 0 spiro atoms. The van der Waals surface area contributed by atoms with Crippen molar-refractivity contribution < 1.29 is 0 Å². The average Bonchev–Trinajstić information content (AvgIpc) is 3.00. The van der Waals surface area contributed by atoms with E-state index < -0.39 is 0 Å². The molecule has 0 aromatic carbocycles. The number of fused-ring (bicyclic) bond motifs is 5. The van der Waals surface area contributed by atoms with E-state index in [1.54, 1.807) is 0 Å². The third kappa shape index (κ3) is 3.30. The Morgan fingerprint density at radius 3 is 2.39 bits per heavy atom. The number of nitrogens with two attached hydrogens (primary N) is 1. The maximum Gasteiger partial charge on any atom is 0.00983 e. The zero-order valence-electron chi connectivity index (χ0n) is 19.7. The lowest BCUT2D eigenvalue weighted by Gasteiger charge is -2.62. The number of rotatable bonds is 5. The highest BCUT2D eigenvalue weighted by Crippen LogP contribution is 2.68. The maximum absolute atomic E-state index is 6.86. The highest BCUT2D eigenvalue weighted by atomic mass is 14.8. The first kappa shape index (κ1) is 21.2. The molecule has 0 aromatic heterocycles. The molecule has 2 N–H and O–H groups in total. The van der Waals surface area contributed by atoms with Crippen molar-refractivity contribution >= 4 is 0 Å². The van der Waals surface area contributed by atoms with Gasteiger partial charge in [0.2, 0.25) is 0 Å². The first-order valence-corrected chi connectivity index (χ1v) is 13.0. The summed E-state index contributed by atoms with van der Waals surface area (Å²) in [6.45, 7) is 12.7. The van der Waals surface area contributed by atoms with Crippen molar-refractivity contribution in [2.24, 2.45) is 58.0 Å². The molecule has 28 heavy (non-hydrogen) atoms. The van der Waals surface area contributed by atoms with Crippen molar-refractivity contribution in [3.05, 3.63) is 0 Å². The molecule has 1 unspecified atom stereocenters. The van der Waals surface area contributed by atoms with Crippen LogP contribution in [0.2, 0.25) is 0 Å². The van der Waals surface area contributed by atoms with Gasteiger partial charge in [0.05, 0.1) is 0 Å². The van der Waals surface area contributed by atoms with Crippen LogP contribution >= 0.6 is 0 Å². The summed E-state index contributed by atoms with van der Waals surface area (Å²) in [5.74, 6) is 6.60. The van der Waals surface area contributed by atoms with Crippen LogP contribution in [0.3, 0.4) is 0 Å². The summed E-state index contributed by atoms with van der Waals surface area (Å²) in [6, 6.07) is 0.468. The van der Waals surface area contributed by atoms with Crippen LogP contribution in [0.5, 0.6) is 0 Å². The molecule has 4 fully saturated rings. The second-order valence-corrected chi connectivity index (χ2v) is 12.6. The molecule has 0 radical (unpaired) electrons. The van der Waals surface area contributed by atoms with Gasteiger partial charge in [-0.3, -0.25) is 0 Å². The van der Waals surface area contributed by atoms with Crippen LogP contribution in [0.25, 0.3) is 0 Å². The largest absolute Gasteiger partial charge is 0.327 e. The van der Waals surface area contributed by atoms with Gasteiger partial charge in [0.25, 0.3) is 0 Å². The van der Waals surface area contributed by atoms with E-state index in [2.05, 4.69) is 34.6 Å². The molecule has 0 heterocycles. The Bertz CT molecular complexity index is 540. The maximum atomic E-state index is 6.86. The van der Waals surface area contributed by atoms with Gasteiger partial charge < -0.3 is 5.73 Å². The quantitative estimate of drug-likeness (QED) is 0.521. The molecule has 162 valence electrons. The Labute approximate surface area is 176 Å². The fourth-order valence-corrected chi connectivity index (χ4v) is 9.42. The lowest BCUT2D eigenvalue weighted by atomic mass is 9.43. The van der Waals surface area contributed by atoms with E-state index in [0.717, 1.165) is 41.4 Å². The molecule has 4 aliphatic carbocycles. The molecule has 0 aliphatic heterocycles. The van der Waals surface area contributed by atoms with E-state index >= 15 is 0 Å². The Morgan fingerprint density at radius 2 is 1.64 bits per heavy atom. The second kappa shape index (κ2) is 7.90. The lowest BCUT2D eigenvalue weighted by Crippen LogP contribution is -2.59. The molecular weight excluding hydrogens is 338 g/mol. The molecule has 4 rings (SSSR count). The fraction of sp³-hybridized carbons (Fsp3) is 1.00. The van der Waals surface area contributed by atoms with Gasteiger partial charge in [-0.25, -0.2) is 0 Å². The minimum Gasteiger partial charge on any atom is -0.327 e. The van der Waals surface area contributed by atoms with E-state index in [9.17, 15) is 0 Å². The Hall–Kier alpha value is -0.0400. The van der Waals surface area contributed by atoms with Crippen LogP contribution < -0.4 is 5.73 Å². The molecule has 9 atom stereocenters. The molecule has 4 saturated carbocycles. The molecule has 0 saturated heterocycles. The van der Waals surface area contributed by atoms with Gasteiger partial charge in [0.1, 0.15) is 0 Å². The summed E-state index contributed by atoms with van der Waals surface area (Å²) in [6.07, 6.45) is 17.5. The molecule has 0 bridgehead atoms. The zero-order valence-corrected chi connectivity index (χ0v) is 19.7. The van der Waals surface area contributed by atoms with Crippen molar-refractivity contribution in [2.45, 2.75) is 118 Å². The summed E-state index contributed by atoms with van der Waals surface area (Å²) >= 11 is 0. The van der Waals surface area contributed by atoms with Crippen LogP contribution in [-0.2, 0) is 0 Å². The molecule has 0 amide bonds. The topological polar surface area (TPSA) is 26.0 Å².